The van der Waals surface area contributed by atoms with Crippen LogP contribution in [0.1, 0.15) is 42.2 Å². The Morgan fingerprint density at radius 3 is 2.68 bits per heavy atom. The van der Waals surface area contributed by atoms with Crippen LogP contribution in [0.3, 0.4) is 0 Å². The van der Waals surface area contributed by atoms with Gasteiger partial charge in [-0.05, 0) is 49.7 Å². The molecular formula is C25H21N5O4. The molecule has 34 heavy (non-hydrogen) atoms. The third kappa shape index (κ3) is 4.56. The van der Waals surface area contributed by atoms with E-state index in [4.69, 9.17) is 10.00 Å². The Morgan fingerprint density at radius 1 is 1.24 bits per heavy atom. The summed E-state index contributed by atoms with van der Waals surface area (Å²) in [5.41, 5.74) is 1.03. The highest BCUT2D eigenvalue weighted by molar-refractivity contribution is 5.93. The van der Waals surface area contributed by atoms with Crippen LogP contribution in [-0.4, -0.2) is 25.6 Å². The lowest BCUT2D eigenvalue weighted by Gasteiger charge is -2.18. The summed E-state index contributed by atoms with van der Waals surface area (Å²) in [4.78, 5) is 32.8. The number of aromatic nitrogens is 3. The molecule has 0 fully saturated rings. The van der Waals surface area contributed by atoms with Gasteiger partial charge in [0.15, 0.2) is 0 Å². The Morgan fingerprint density at radius 2 is 2.00 bits per heavy atom. The zero-order chi connectivity index (χ0) is 24.2. The number of benzene rings is 2. The lowest BCUT2D eigenvalue weighted by molar-refractivity contribution is 0.0694. The number of ether oxygens (including phenoxy) is 1. The van der Waals surface area contributed by atoms with Crippen LogP contribution in [0, 0.1) is 11.3 Å². The lowest BCUT2D eigenvalue weighted by Crippen LogP contribution is -2.20. The van der Waals surface area contributed by atoms with Crippen LogP contribution in [0.5, 0.6) is 11.6 Å². The minimum atomic E-state index is -1.26. The number of fused-ring (bicyclic) bond motifs is 1. The number of nitrogens with zero attached hydrogens (tertiary/aromatic N) is 4. The zero-order valence-corrected chi connectivity index (χ0v) is 18.5. The molecular weight excluding hydrogens is 434 g/mol. The standard InChI is InChI=1S/C25H21N5O4/c1-3-15(2)30-14-20(24(32)33)23(31)19-9-8-18(12-21(19)30)34-22-10-11-27-25(29-22)28-17-6-4-16(13-26)5-7-17/h4-12,14-15H,3H2,1-2H3,(H,32,33)(H,27,28,29). The summed E-state index contributed by atoms with van der Waals surface area (Å²) in [6.07, 6.45) is 3.68. The zero-order valence-electron chi connectivity index (χ0n) is 18.5. The second-order valence-corrected chi connectivity index (χ2v) is 7.66. The Labute approximate surface area is 194 Å². The Kier molecular flexibility index (Phi) is 6.23. The number of pyridine rings is 1. The summed E-state index contributed by atoms with van der Waals surface area (Å²) in [5, 5.41) is 21.7. The fraction of sp³-hybridized carbons (Fsp3) is 0.160. The molecule has 2 heterocycles. The van der Waals surface area contributed by atoms with Crippen molar-refractivity contribution in [2.75, 3.05) is 5.32 Å². The molecule has 0 aliphatic heterocycles. The van der Waals surface area contributed by atoms with E-state index in [0.29, 0.717) is 33.9 Å². The number of carboxylic acid groups (broad SMARTS) is 1. The quantitative estimate of drug-likeness (QED) is 0.404. The molecule has 0 bridgehead atoms. The van der Waals surface area contributed by atoms with Crippen LogP contribution in [0.2, 0.25) is 0 Å². The van der Waals surface area contributed by atoms with Gasteiger partial charge in [0.1, 0.15) is 11.3 Å². The van der Waals surface area contributed by atoms with Gasteiger partial charge in [-0.1, -0.05) is 6.92 Å². The molecule has 9 heteroatoms. The van der Waals surface area contributed by atoms with Crippen molar-refractivity contribution >= 4 is 28.5 Å². The summed E-state index contributed by atoms with van der Waals surface area (Å²) < 4.78 is 7.70. The minimum Gasteiger partial charge on any atom is -0.477 e. The van der Waals surface area contributed by atoms with E-state index in [-0.39, 0.29) is 17.5 Å². The van der Waals surface area contributed by atoms with Crippen LogP contribution < -0.4 is 15.5 Å². The number of anilines is 2. The second-order valence-electron chi connectivity index (χ2n) is 7.66. The van der Waals surface area contributed by atoms with Gasteiger partial charge in [-0.25, -0.2) is 9.78 Å². The van der Waals surface area contributed by atoms with Gasteiger partial charge in [-0.15, -0.1) is 0 Å². The van der Waals surface area contributed by atoms with Gasteiger partial charge in [0.05, 0.1) is 17.1 Å². The van der Waals surface area contributed by atoms with Crippen molar-refractivity contribution in [2.24, 2.45) is 0 Å². The van der Waals surface area contributed by atoms with Crippen molar-refractivity contribution in [3.63, 3.8) is 0 Å². The summed E-state index contributed by atoms with van der Waals surface area (Å²) >= 11 is 0. The first-order chi connectivity index (χ1) is 16.4. The maximum atomic E-state index is 12.7. The number of nitriles is 1. The molecule has 1 unspecified atom stereocenters. The average molecular weight is 455 g/mol. The van der Waals surface area contributed by atoms with E-state index in [1.165, 1.54) is 6.20 Å². The molecule has 1 atom stereocenters. The van der Waals surface area contributed by atoms with Crippen LogP contribution >= 0.6 is 0 Å². The van der Waals surface area contributed by atoms with Crippen LogP contribution in [0.25, 0.3) is 10.9 Å². The van der Waals surface area contributed by atoms with Gasteiger partial charge in [-0.2, -0.15) is 10.2 Å². The van der Waals surface area contributed by atoms with Crippen molar-refractivity contribution in [3.8, 4) is 17.7 Å². The van der Waals surface area contributed by atoms with E-state index in [9.17, 15) is 14.7 Å². The molecule has 0 spiro atoms. The largest absolute Gasteiger partial charge is 0.477 e. The highest BCUT2D eigenvalue weighted by Gasteiger charge is 2.17. The Bertz CT molecular complexity index is 1470. The fourth-order valence-corrected chi connectivity index (χ4v) is 3.44. The molecule has 0 radical (unpaired) electrons. The predicted octanol–water partition coefficient (Wildman–Crippen LogP) is 4.87. The predicted molar refractivity (Wildman–Crippen MR) is 127 cm³/mol. The van der Waals surface area contributed by atoms with Crippen LogP contribution in [0.15, 0.2) is 65.7 Å². The van der Waals surface area contributed by atoms with Crippen molar-refractivity contribution in [2.45, 2.75) is 26.3 Å². The monoisotopic (exact) mass is 455 g/mol. The van der Waals surface area contributed by atoms with E-state index in [1.54, 1.807) is 59.3 Å². The molecule has 0 saturated heterocycles. The molecule has 0 amide bonds. The van der Waals surface area contributed by atoms with E-state index < -0.39 is 11.4 Å². The van der Waals surface area contributed by atoms with Crippen LogP contribution in [-0.2, 0) is 0 Å². The number of nitrogens with one attached hydrogen (secondary N) is 1. The average Bonchev–Trinajstić information content (AvgIpc) is 2.84. The summed E-state index contributed by atoms with van der Waals surface area (Å²) in [6.45, 7) is 3.94. The highest BCUT2D eigenvalue weighted by atomic mass is 16.5. The van der Waals surface area contributed by atoms with E-state index >= 15 is 0 Å². The number of carbonyl (C=O) groups is 1. The summed E-state index contributed by atoms with van der Waals surface area (Å²) in [7, 11) is 0. The Hall–Kier alpha value is -4.71. The maximum Gasteiger partial charge on any atom is 0.341 e. The third-order valence-electron chi connectivity index (χ3n) is 5.42. The molecule has 170 valence electrons. The molecule has 0 saturated carbocycles. The van der Waals surface area contributed by atoms with E-state index in [1.807, 2.05) is 13.8 Å². The normalized spacial score (nSPS) is 11.6. The first-order valence-electron chi connectivity index (χ1n) is 10.6. The topological polar surface area (TPSA) is 130 Å². The van der Waals surface area contributed by atoms with Gasteiger partial charge >= 0.3 is 5.97 Å². The molecule has 4 rings (SSSR count). The molecule has 2 N–H and O–H groups in total. The number of carboxylic acids is 1. The van der Waals surface area contributed by atoms with Gasteiger partial charge in [0.25, 0.3) is 0 Å². The number of hydrogen-bond acceptors (Lipinski definition) is 7. The molecule has 9 nitrogen and oxygen atoms in total. The maximum absolute atomic E-state index is 12.7. The molecule has 4 aromatic rings. The molecule has 2 aromatic heterocycles. The third-order valence-corrected chi connectivity index (χ3v) is 5.42. The van der Waals surface area contributed by atoms with Gasteiger partial charge in [0, 0.05) is 41.6 Å². The van der Waals surface area contributed by atoms with E-state index in [0.717, 1.165) is 6.42 Å². The first-order valence-corrected chi connectivity index (χ1v) is 10.6. The SMILES string of the molecule is CCC(C)n1cc(C(=O)O)c(=O)c2ccc(Oc3ccnc(Nc4ccc(C#N)cc4)n3)cc21. The van der Waals surface area contributed by atoms with Crippen molar-refractivity contribution in [3.05, 3.63) is 82.3 Å². The van der Waals surface area contributed by atoms with Crippen molar-refractivity contribution in [1.29, 1.82) is 5.26 Å². The van der Waals surface area contributed by atoms with Crippen molar-refractivity contribution in [1.82, 2.24) is 14.5 Å². The van der Waals surface area contributed by atoms with Gasteiger partial charge in [0.2, 0.25) is 17.3 Å². The van der Waals surface area contributed by atoms with Crippen LogP contribution in [0.4, 0.5) is 11.6 Å². The van der Waals surface area contributed by atoms with Gasteiger partial charge < -0.3 is 19.7 Å². The highest BCUT2D eigenvalue weighted by Crippen LogP contribution is 2.27. The minimum absolute atomic E-state index is 0.0290. The lowest BCUT2D eigenvalue weighted by atomic mass is 10.1. The van der Waals surface area contributed by atoms with Gasteiger partial charge in [-0.3, -0.25) is 4.79 Å². The number of hydrogen-bond donors (Lipinski definition) is 2. The second kappa shape index (κ2) is 9.42. The van der Waals surface area contributed by atoms with E-state index in [2.05, 4.69) is 21.4 Å². The van der Waals surface area contributed by atoms with Crippen molar-refractivity contribution < 1.29 is 14.6 Å². The summed E-state index contributed by atoms with van der Waals surface area (Å²) in [5.74, 6) is -0.224. The Balaban J connectivity index is 1.66. The summed E-state index contributed by atoms with van der Waals surface area (Å²) in [6, 6.07) is 15.4. The molecule has 2 aromatic carbocycles. The smallest absolute Gasteiger partial charge is 0.341 e. The molecule has 0 aliphatic rings. The fourth-order valence-electron chi connectivity index (χ4n) is 3.44. The molecule has 0 aliphatic carbocycles. The first kappa shape index (κ1) is 22.5. The number of rotatable bonds is 7. The number of aromatic carboxylic acids is 1.